The molecule has 1 fully saturated rings. The summed E-state index contributed by atoms with van der Waals surface area (Å²) in [4.78, 5) is 13.8. The summed E-state index contributed by atoms with van der Waals surface area (Å²) in [6, 6.07) is 3.65. The number of aromatic nitrogens is 1. The molecule has 0 spiro atoms. The molecule has 0 saturated carbocycles. The highest BCUT2D eigenvalue weighted by atomic mass is 16.5. The van der Waals surface area contributed by atoms with Crippen molar-refractivity contribution >= 4 is 11.6 Å². The van der Waals surface area contributed by atoms with Crippen LogP contribution >= 0.6 is 0 Å². The predicted molar refractivity (Wildman–Crippen MR) is 61.1 cm³/mol. The number of hydrogen-bond donors (Lipinski definition) is 1. The van der Waals surface area contributed by atoms with Crippen molar-refractivity contribution in [3.63, 3.8) is 0 Å². The lowest BCUT2D eigenvalue weighted by atomic mass is 10.2. The first-order valence-electron chi connectivity index (χ1n) is 5.34. The third-order valence-corrected chi connectivity index (χ3v) is 2.74. The Morgan fingerprint density at radius 2 is 2.47 bits per heavy atom. The Hall–Kier alpha value is -2.00. The second-order valence-electron chi connectivity index (χ2n) is 4.01. The topological polar surface area (TPSA) is 84.3 Å². The number of carbonyl (C=O) groups excluding carboxylic acids is 1. The summed E-state index contributed by atoms with van der Waals surface area (Å²) in [6.07, 6.45) is 1.15. The van der Waals surface area contributed by atoms with E-state index in [0.717, 1.165) is 0 Å². The van der Waals surface area contributed by atoms with E-state index in [-0.39, 0.29) is 5.91 Å². The quantitative estimate of drug-likeness (QED) is 0.739. The van der Waals surface area contributed by atoms with Crippen molar-refractivity contribution in [2.24, 2.45) is 7.05 Å². The summed E-state index contributed by atoms with van der Waals surface area (Å²) < 4.78 is 6.88. The highest BCUT2D eigenvalue weighted by molar-refractivity contribution is 5.93. The summed E-state index contributed by atoms with van der Waals surface area (Å²) in [5.74, 6) is -0.118. The molecule has 2 N–H and O–H groups in total. The van der Waals surface area contributed by atoms with Gasteiger partial charge in [0.2, 0.25) is 0 Å². The van der Waals surface area contributed by atoms with Crippen molar-refractivity contribution in [2.75, 3.05) is 25.4 Å². The van der Waals surface area contributed by atoms with E-state index >= 15 is 0 Å². The molecule has 0 aliphatic carbocycles. The van der Waals surface area contributed by atoms with Gasteiger partial charge in [0.1, 0.15) is 5.69 Å². The molecule has 1 aliphatic rings. The van der Waals surface area contributed by atoms with E-state index in [0.29, 0.717) is 31.1 Å². The minimum absolute atomic E-state index is 0.118. The smallest absolute Gasteiger partial charge is 0.270 e. The van der Waals surface area contributed by atoms with Crippen LogP contribution in [-0.4, -0.2) is 41.2 Å². The monoisotopic (exact) mass is 234 g/mol. The first-order valence-corrected chi connectivity index (χ1v) is 5.34. The van der Waals surface area contributed by atoms with Gasteiger partial charge in [-0.15, -0.1) is 0 Å². The Balaban J connectivity index is 2.15. The number of nitrogens with two attached hydrogens (primary N) is 1. The van der Waals surface area contributed by atoms with E-state index in [1.165, 1.54) is 0 Å². The normalized spacial score (nSPS) is 20.0. The van der Waals surface area contributed by atoms with Gasteiger partial charge in [0.25, 0.3) is 5.91 Å². The lowest BCUT2D eigenvalue weighted by Crippen LogP contribution is -2.45. The molecule has 1 saturated heterocycles. The number of amides is 1. The molecule has 6 nitrogen and oxygen atoms in total. The molecule has 2 rings (SSSR count). The Kier molecular flexibility index (Phi) is 3.02. The highest BCUT2D eigenvalue weighted by Gasteiger charge is 2.26. The van der Waals surface area contributed by atoms with Crippen molar-refractivity contribution in [3.8, 4) is 6.07 Å². The Bertz CT molecular complexity index is 474. The molecule has 17 heavy (non-hydrogen) atoms. The molecule has 1 atom stereocenters. The first kappa shape index (κ1) is 11.5. The number of anilines is 1. The lowest BCUT2D eigenvalue weighted by molar-refractivity contribution is 0.00304. The standard InChI is InChI=1S/C11H14N4O2/c1-14-6-8(13)4-10(14)11(16)15-2-3-17-9(5-12)7-15/h4,6,9H,2-3,7,13H2,1H3. The van der Waals surface area contributed by atoms with Gasteiger partial charge in [-0.3, -0.25) is 4.79 Å². The molecular formula is C11H14N4O2. The van der Waals surface area contributed by atoms with E-state index < -0.39 is 6.10 Å². The largest absolute Gasteiger partial charge is 0.397 e. The Morgan fingerprint density at radius 3 is 3.06 bits per heavy atom. The summed E-state index contributed by atoms with van der Waals surface area (Å²) >= 11 is 0. The summed E-state index contributed by atoms with van der Waals surface area (Å²) in [5.41, 5.74) is 6.72. The van der Waals surface area contributed by atoms with E-state index in [9.17, 15) is 4.79 Å². The maximum Gasteiger partial charge on any atom is 0.270 e. The molecule has 1 aliphatic heterocycles. The van der Waals surface area contributed by atoms with Crippen LogP contribution < -0.4 is 5.73 Å². The number of nitrogen functional groups attached to an aromatic ring is 1. The van der Waals surface area contributed by atoms with Gasteiger partial charge in [-0.2, -0.15) is 5.26 Å². The van der Waals surface area contributed by atoms with Crippen LogP contribution in [0.5, 0.6) is 0 Å². The van der Waals surface area contributed by atoms with Crippen LogP contribution in [0.1, 0.15) is 10.5 Å². The number of morpholine rings is 1. The summed E-state index contributed by atoms with van der Waals surface area (Å²) in [7, 11) is 1.77. The van der Waals surface area contributed by atoms with E-state index in [1.807, 2.05) is 6.07 Å². The fourth-order valence-corrected chi connectivity index (χ4v) is 1.88. The molecule has 0 aromatic carbocycles. The second-order valence-corrected chi connectivity index (χ2v) is 4.01. The van der Waals surface area contributed by atoms with Gasteiger partial charge in [-0.1, -0.05) is 0 Å². The number of carbonyl (C=O) groups is 1. The molecular weight excluding hydrogens is 220 g/mol. The van der Waals surface area contributed by atoms with Gasteiger partial charge in [0.05, 0.1) is 24.9 Å². The van der Waals surface area contributed by atoms with Crippen molar-refractivity contribution in [1.29, 1.82) is 5.26 Å². The molecule has 1 aromatic heterocycles. The third-order valence-electron chi connectivity index (χ3n) is 2.74. The summed E-state index contributed by atoms with van der Waals surface area (Å²) in [6.45, 7) is 1.20. The SMILES string of the molecule is Cn1cc(N)cc1C(=O)N1CCOC(C#N)C1. The zero-order valence-electron chi connectivity index (χ0n) is 9.59. The minimum Gasteiger partial charge on any atom is -0.397 e. The molecule has 6 heteroatoms. The van der Waals surface area contributed by atoms with Crippen LogP contribution in [0.3, 0.4) is 0 Å². The average Bonchev–Trinajstić information content (AvgIpc) is 2.67. The minimum atomic E-state index is -0.537. The molecule has 90 valence electrons. The first-order chi connectivity index (χ1) is 8.11. The molecule has 1 amide bonds. The zero-order valence-corrected chi connectivity index (χ0v) is 9.59. The van der Waals surface area contributed by atoms with E-state index in [1.54, 1.807) is 28.8 Å². The molecule has 1 unspecified atom stereocenters. The predicted octanol–water partition coefficient (Wildman–Crippen LogP) is -0.0281. The fourth-order valence-electron chi connectivity index (χ4n) is 1.88. The number of nitrogens with zero attached hydrogens (tertiary/aromatic N) is 3. The second kappa shape index (κ2) is 4.47. The maximum absolute atomic E-state index is 12.2. The Morgan fingerprint density at radius 1 is 1.71 bits per heavy atom. The summed E-state index contributed by atoms with van der Waals surface area (Å²) in [5, 5.41) is 8.78. The maximum atomic E-state index is 12.2. The highest BCUT2D eigenvalue weighted by Crippen LogP contribution is 2.14. The molecule has 1 aromatic rings. The molecule has 2 heterocycles. The van der Waals surface area contributed by atoms with Crippen molar-refractivity contribution < 1.29 is 9.53 Å². The van der Waals surface area contributed by atoms with Crippen LogP contribution in [0.4, 0.5) is 5.69 Å². The van der Waals surface area contributed by atoms with Crippen LogP contribution in [0.2, 0.25) is 0 Å². The fraction of sp³-hybridized carbons (Fsp3) is 0.455. The van der Waals surface area contributed by atoms with Gasteiger partial charge in [0.15, 0.2) is 6.10 Å². The number of nitriles is 1. The Labute approximate surface area is 99.2 Å². The number of hydrogen-bond acceptors (Lipinski definition) is 4. The van der Waals surface area contributed by atoms with Crippen molar-refractivity contribution in [3.05, 3.63) is 18.0 Å². The van der Waals surface area contributed by atoms with Crippen molar-refractivity contribution in [2.45, 2.75) is 6.10 Å². The van der Waals surface area contributed by atoms with Crippen LogP contribution in [0.15, 0.2) is 12.3 Å². The number of rotatable bonds is 1. The number of ether oxygens (including phenoxy) is 1. The lowest BCUT2D eigenvalue weighted by Gasteiger charge is -2.29. The third kappa shape index (κ3) is 2.24. The average molecular weight is 234 g/mol. The van der Waals surface area contributed by atoms with Crippen LogP contribution in [0, 0.1) is 11.3 Å². The molecule has 0 radical (unpaired) electrons. The van der Waals surface area contributed by atoms with Crippen LogP contribution in [-0.2, 0) is 11.8 Å². The molecule has 0 bridgehead atoms. The zero-order chi connectivity index (χ0) is 12.4. The number of aryl methyl sites for hydroxylation is 1. The van der Waals surface area contributed by atoms with Crippen LogP contribution in [0.25, 0.3) is 0 Å². The van der Waals surface area contributed by atoms with Gasteiger partial charge in [-0.25, -0.2) is 0 Å². The van der Waals surface area contributed by atoms with Crippen molar-refractivity contribution in [1.82, 2.24) is 9.47 Å². The van der Waals surface area contributed by atoms with E-state index in [4.69, 9.17) is 15.7 Å². The van der Waals surface area contributed by atoms with E-state index in [2.05, 4.69) is 0 Å². The van der Waals surface area contributed by atoms with Gasteiger partial charge in [0, 0.05) is 19.8 Å². The van der Waals surface area contributed by atoms with Gasteiger partial charge < -0.3 is 19.9 Å². The van der Waals surface area contributed by atoms with Gasteiger partial charge >= 0.3 is 0 Å². The van der Waals surface area contributed by atoms with Gasteiger partial charge in [-0.05, 0) is 6.07 Å².